The van der Waals surface area contributed by atoms with E-state index in [2.05, 4.69) is 66.8 Å². The zero-order valence-corrected chi connectivity index (χ0v) is 26.7. The molecule has 9 heteroatoms. The van der Waals surface area contributed by atoms with Crippen LogP contribution in [0.5, 0.6) is 0 Å². The van der Waals surface area contributed by atoms with E-state index in [9.17, 15) is 9.59 Å². The van der Waals surface area contributed by atoms with Crippen LogP contribution in [0.2, 0.25) is 18.1 Å². The summed E-state index contributed by atoms with van der Waals surface area (Å²) in [6.45, 7) is 20.5. The van der Waals surface area contributed by atoms with Gasteiger partial charge in [0.25, 0.3) is 0 Å². The predicted molar refractivity (Wildman–Crippen MR) is 159 cm³/mol. The zero-order chi connectivity index (χ0) is 29.5. The zero-order valence-electron chi connectivity index (χ0n) is 25.7. The second-order valence-electron chi connectivity index (χ2n) is 13.3. The van der Waals surface area contributed by atoms with Gasteiger partial charge in [-0.2, -0.15) is 5.10 Å². The molecule has 39 heavy (non-hydrogen) atoms. The summed E-state index contributed by atoms with van der Waals surface area (Å²) in [5, 5.41) is 13.5. The minimum absolute atomic E-state index is 0.132. The Morgan fingerprint density at radius 1 is 1.00 bits per heavy atom. The molecule has 0 saturated carbocycles. The molecule has 0 aliphatic heterocycles. The maximum absolute atomic E-state index is 13.4. The first-order chi connectivity index (χ1) is 17.9. The summed E-state index contributed by atoms with van der Waals surface area (Å²) in [4.78, 5) is 25.8. The van der Waals surface area contributed by atoms with Crippen LogP contribution in [0.25, 0.3) is 0 Å². The third-order valence-corrected chi connectivity index (χ3v) is 11.8. The third-order valence-electron chi connectivity index (χ3n) is 7.23. The van der Waals surface area contributed by atoms with Gasteiger partial charge in [-0.25, -0.2) is 4.79 Å². The number of amides is 2. The van der Waals surface area contributed by atoms with E-state index in [1.807, 2.05) is 24.4 Å². The molecule has 1 heterocycles. The highest BCUT2D eigenvalue weighted by atomic mass is 28.4. The van der Waals surface area contributed by atoms with Gasteiger partial charge in [0, 0.05) is 6.61 Å². The lowest BCUT2D eigenvalue weighted by Crippen LogP contribution is -2.56. The highest BCUT2D eigenvalue weighted by Crippen LogP contribution is 2.36. The van der Waals surface area contributed by atoms with E-state index in [0.29, 0.717) is 19.4 Å². The first-order valence-corrected chi connectivity index (χ1v) is 16.8. The molecule has 1 atom stereocenters. The van der Waals surface area contributed by atoms with Crippen molar-refractivity contribution < 1.29 is 18.8 Å². The van der Waals surface area contributed by atoms with Crippen LogP contribution in [0.3, 0.4) is 0 Å². The van der Waals surface area contributed by atoms with Crippen molar-refractivity contribution in [2.75, 3.05) is 6.61 Å². The molecule has 2 amide bonds. The molecule has 2 aromatic rings. The van der Waals surface area contributed by atoms with Crippen molar-refractivity contribution in [1.82, 2.24) is 20.8 Å². The lowest BCUT2D eigenvalue weighted by Gasteiger charge is -2.36. The fourth-order valence-electron chi connectivity index (χ4n) is 3.85. The number of carbonyl (C=O) groups is 2. The van der Waals surface area contributed by atoms with Crippen molar-refractivity contribution >= 4 is 20.3 Å². The fraction of sp³-hybridized carbons (Fsp3) is 0.633. The molecular formula is C30H50N4O4Si. The van der Waals surface area contributed by atoms with Crippen LogP contribution >= 0.6 is 0 Å². The second kappa shape index (κ2) is 13.1. The Morgan fingerprint density at radius 2 is 1.64 bits per heavy atom. The highest BCUT2D eigenvalue weighted by Gasteiger charge is 2.37. The van der Waals surface area contributed by atoms with Crippen molar-refractivity contribution in [2.45, 2.75) is 116 Å². The van der Waals surface area contributed by atoms with E-state index in [4.69, 9.17) is 9.16 Å². The summed E-state index contributed by atoms with van der Waals surface area (Å²) in [5.74, 6) is -0.295. The van der Waals surface area contributed by atoms with Crippen LogP contribution in [0.4, 0.5) is 4.79 Å². The van der Waals surface area contributed by atoms with E-state index in [1.54, 1.807) is 34.6 Å². The summed E-state index contributed by atoms with van der Waals surface area (Å²) in [7, 11) is -1.88. The van der Waals surface area contributed by atoms with Crippen LogP contribution in [0.15, 0.2) is 36.5 Å². The average molecular weight is 559 g/mol. The van der Waals surface area contributed by atoms with Crippen LogP contribution in [0, 0.1) is 0 Å². The van der Waals surface area contributed by atoms with Gasteiger partial charge in [-0.05, 0) is 89.6 Å². The molecule has 0 radical (unpaired) electrons. The maximum Gasteiger partial charge on any atom is 0.408 e. The number of nitrogens with zero attached hydrogens (tertiary/aromatic N) is 1. The number of hydrogen-bond donors (Lipinski definition) is 3. The number of hydrogen-bond acceptors (Lipinski definition) is 5. The Morgan fingerprint density at radius 3 is 2.23 bits per heavy atom. The molecule has 218 valence electrons. The van der Waals surface area contributed by atoms with Crippen LogP contribution in [-0.4, -0.2) is 48.3 Å². The summed E-state index contributed by atoms with van der Waals surface area (Å²) in [5.41, 5.74) is 1.32. The number of nitrogens with one attached hydrogen (secondary N) is 3. The van der Waals surface area contributed by atoms with Crippen molar-refractivity contribution in [1.29, 1.82) is 0 Å². The van der Waals surface area contributed by atoms with E-state index >= 15 is 0 Å². The standard InChI is InChI=1S/C30H50N4O4Si/c1-28(2,3)38-27(36)33-30(7,8)26(35)32-24(18-14-17-22-15-12-11-13-16-22)25-23(21-31-34-25)19-20-37-39(9,10)29(4,5)6/h11-13,15-16,21,24H,14,17-20H2,1-10H3,(H,31,34)(H,32,35)(H,33,36). The predicted octanol–water partition coefficient (Wildman–Crippen LogP) is 6.46. The summed E-state index contributed by atoms with van der Waals surface area (Å²) in [6.07, 6.45) is 4.36. The third kappa shape index (κ3) is 10.4. The van der Waals surface area contributed by atoms with Gasteiger partial charge < -0.3 is 19.8 Å². The van der Waals surface area contributed by atoms with Crippen LogP contribution < -0.4 is 10.6 Å². The van der Waals surface area contributed by atoms with Gasteiger partial charge in [0.05, 0.1) is 17.9 Å². The quantitative estimate of drug-likeness (QED) is 0.259. The minimum Gasteiger partial charge on any atom is -0.444 e. The number of alkyl carbamates (subject to hydrolysis) is 1. The Labute approximate surface area is 236 Å². The molecule has 0 aliphatic rings. The molecule has 1 unspecified atom stereocenters. The number of rotatable bonds is 12. The van der Waals surface area contributed by atoms with Gasteiger partial charge in [-0.15, -0.1) is 0 Å². The minimum atomic E-state index is -1.88. The summed E-state index contributed by atoms with van der Waals surface area (Å²) < 4.78 is 11.8. The van der Waals surface area contributed by atoms with Crippen LogP contribution in [0.1, 0.15) is 91.1 Å². The van der Waals surface area contributed by atoms with E-state index in [-0.39, 0.29) is 17.0 Å². The Balaban J connectivity index is 2.17. The molecule has 1 aromatic heterocycles. The number of benzene rings is 1. The SMILES string of the molecule is CC(C)(C)OC(=O)NC(C)(C)C(=O)NC(CCCc1ccccc1)c1[nH]ncc1CCO[Si](C)(C)C(C)(C)C. The number of ether oxygens (including phenoxy) is 1. The van der Waals surface area contributed by atoms with Crippen LogP contribution in [-0.2, 0) is 26.8 Å². The van der Waals surface area contributed by atoms with Gasteiger partial charge in [0.15, 0.2) is 8.32 Å². The monoisotopic (exact) mass is 558 g/mol. The van der Waals surface area contributed by atoms with Gasteiger partial charge >= 0.3 is 6.09 Å². The molecule has 0 bridgehead atoms. The highest BCUT2D eigenvalue weighted by molar-refractivity contribution is 6.74. The fourth-order valence-corrected chi connectivity index (χ4v) is 4.90. The lowest BCUT2D eigenvalue weighted by atomic mass is 9.97. The van der Waals surface area contributed by atoms with Crippen molar-refractivity contribution in [3.05, 3.63) is 53.3 Å². The molecule has 8 nitrogen and oxygen atoms in total. The molecular weight excluding hydrogens is 508 g/mol. The molecule has 3 N–H and O–H groups in total. The van der Waals surface area contributed by atoms with Crippen molar-refractivity contribution in [3.63, 3.8) is 0 Å². The number of H-pyrrole nitrogens is 1. The molecule has 0 aliphatic carbocycles. The number of aryl methyl sites for hydroxylation is 1. The Bertz CT molecular complexity index is 1070. The van der Waals surface area contributed by atoms with E-state index in [1.165, 1.54) is 5.56 Å². The first-order valence-electron chi connectivity index (χ1n) is 13.9. The molecule has 0 spiro atoms. The largest absolute Gasteiger partial charge is 0.444 e. The molecule has 0 fully saturated rings. The Hall–Kier alpha value is -2.65. The average Bonchev–Trinajstić information content (AvgIpc) is 3.24. The lowest BCUT2D eigenvalue weighted by molar-refractivity contribution is -0.127. The van der Waals surface area contributed by atoms with Gasteiger partial charge in [-0.3, -0.25) is 9.89 Å². The maximum atomic E-state index is 13.4. The van der Waals surface area contributed by atoms with Crippen molar-refractivity contribution in [3.8, 4) is 0 Å². The van der Waals surface area contributed by atoms with E-state index < -0.39 is 25.6 Å². The van der Waals surface area contributed by atoms with Gasteiger partial charge in [0.2, 0.25) is 5.91 Å². The number of aromatic nitrogens is 2. The summed E-state index contributed by atoms with van der Waals surface area (Å²) in [6, 6.07) is 10.0. The molecule has 2 rings (SSSR count). The topological polar surface area (TPSA) is 105 Å². The molecule has 0 saturated heterocycles. The van der Waals surface area contributed by atoms with Gasteiger partial charge in [-0.1, -0.05) is 51.1 Å². The Kier molecular flexibility index (Phi) is 11.0. The smallest absolute Gasteiger partial charge is 0.408 e. The normalized spacial score (nSPS) is 13.6. The van der Waals surface area contributed by atoms with Crippen molar-refractivity contribution in [2.24, 2.45) is 0 Å². The van der Waals surface area contributed by atoms with Gasteiger partial charge in [0.1, 0.15) is 11.1 Å². The molecule has 1 aromatic carbocycles. The van der Waals surface area contributed by atoms with E-state index in [0.717, 1.165) is 24.1 Å². The second-order valence-corrected chi connectivity index (χ2v) is 18.1. The summed E-state index contributed by atoms with van der Waals surface area (Å²) >= 11 is 0. The number of aromatic amines is 1. The first kappa shape index (κ1) is 32.6. The number of carbonyl (C=O) groups excluding carboxylic acids is 2.